The number of aromatic nitrogens is 2. The van der Waals surface area contributed by atoms with E-state index in [9.17, 15) is 9.59 Å². The van der Waals surface area contributed by atoms with Gasteiger partial charge in [0.05, 0.1) is 31.1 Å². The molecule has 5 rings (SSSR count). The maximum Gasteiger partial charge on any atom is 0.332 e. The van der Waals surface area contributed by atoms with Crippen molar-refractivity contribution >= 4 is 27.5 Å². The summed E-state index contributed by atoms with van der Waals surface area (Å²) in [5.41, 5.74) is 0.526. The van der Waals surface area contributed by atoms with Crippen molar-refractivity contribution < 1.29 is 4.74 Å². The zero-order valence-electron chi connectivity index (χ0n) is 16.9. The Hall–Kier alpha value is -2.64. The van der Waals surface area contributed by atoms with Crippen LogP contribution >= 0.6 is 11.3 Å². The number of guanidine groups is 1. The molecule has 0 spiro atoms. The van der Waals surface area contributed by atoms with E-state index in [1.165, 1.54) is 15.9 Å². The van der Waals surface area contributed by atoms with Gasteiger partial charge in [0.25, 0.3) is 5.56 Å². The van der Waals surface area contributed by atoms with Crippen LogP contribution in [-0.2, 0) is 17.8 Å². The van der Waals surface area contributed by atoms with Gasteiger partial charge in [-0.2, -0.15) is 5.26 Å². The van der Waals surface area contributed by atoms with Crippen molar-refractivity contribution in [1.29, 1.82) is 5.26 Å². The summed E-state index contributed by atoms with van der Waals surface area (Å²) < 4.78 is 9.01. The molecule has 1 atom stereocenters. The van der Waals surface area contributed by atoms with Gasteiger partial charge in [0.15, 0.2) is 6.19 Å². The van der Waals surface area contributed by atoms with Crippen molar-refractivity contribution in [2.75, 3.05) is 19.7 Å². The lowest BCUT2D eigenvalue weighted by atomic mass is 10.2. The van der Waals surface area contributed by atoms with Crippen LogP contribution in [0.4, 0.5) is 0 Å². The van der Waals surface area contributed by atoms with Gasteiger partial charge in [-0.25, -0.2) is 4.79 Å². The minimum atomic E-state index is -0.215. The highest BCUT2D eigenvalue weighted by Gasteiger charge is 2.31. The molecule has 3 aliphatic rings. The molecule has 1 unspecified atom stereocenters. The fourth-order valence-corrected chi connectivity index (χ4v) is 5.66. The Kier molecular flexibility index (Phi) is 4.87. The number of nitrogens with one attached hydrogen (secondary N) is 1. The van der Waals surface area contributed by atoms with Crippen molar-refractivity contribution in [3.63, 3.8) is 0 Å². The lowest BCUT2D eigenvalue weighted by molar-refractivity contribution is 0.0966. The van der Waals surface area contributed by atoms with Crippen molar-refractivity contribution in [2.45, 2.75) is 57.8 Å². The summed E-state index contributed by atoms with van der Waals surface area (Å²) in [4.78, 5) is 34.6. The number of rotatable bonds is 5. The second kappa shape index (κ2) is 7.56. The molecule has 2 aromatic rings. The topological polar surface area (TPSA) is 105 Å². The van der Waals surface area contributed by atoms with Gasteiger partial charge in [0.2, 0.25) is 5.96 Å². The van der Waals surface area contributed by atoms with Crippen LogP contribution < -0.4 is 16.6 Å². The molecule has 1 saturated carbocycles. The van der Waals surface area contributed by atoms with Crippen LogP contribution in [-0.4, -0.2) is 45.8 Å². The monoisotopic (exact) mass is 428 g/mol. The highest BCUT2D eigenvalue weighted by Crippen LogP contribution is 2.35. The van der Waals surface area contributed by atoms with Gasteiger partial charge >= 0.3 is 5.69 Å². The Labute approximate surface area is 177 Å². The molecule has 1 aliphatic carbocycles. The van der Waals surface area contributed by atoms with E-state index in [2.05, 4.69) is 10.3 Å². The fourth-order valence-electron chi connectivity index (χ4n) is 4.35. The molecule has 4 heterocycles. The maximum absolute atomic E-state index is 13.3. The summed E-state index contributed by atoms with van der Waals surface area (Å²) >= 11 is 1.50. The van der Waals surface area contributed by atoms with Crippen LogP contribution in [0.1, 0.15) is 42.2 Å². The summed E-state index contributed by atoms with van der Waals surface area (Å²) in [6.45, 7) is 5.06. The Morgan fingerprint density at radius 3 is 2.87 bits per heavy atom. The molecule has 10 heteroatoms. The fraction of sp³-hybridized carbons (Fsp3) is 0.600. The van der Waals surface area contributed by atoms with Gasteiger partial charge in [0, 0.05) is 24.1 Å². The average Bonchev–Trinajstić information content (AvgIpc) is 3.11. The van der Waals surface area contributed by atoms with Gasteiger partial charge in [-0.15, -0.1) is 11.3 Å². The number of nitrogens with zero attached hydrogens (tertiary/aromatic N) is 5. The number of ether oxygens (including phenoxy) is 1. The van der Waals surface area contributed by atoms with Crippen molar-refractivity contribution in [1.82, 2.24) is 19.4 Å². The Morgan fingerprint density at radius 2 is 2.17 bits per heavy atom. The Bertz CT molecular complexity index is 1180. The van der Waals surface area contributed by atoms with E-state index in [-0.39, 0.29) is 23.4 Å². The molecule has 2 fully saturated rings. The van der Waals surface area contributed by atoms with E-state index >= 15 is 0 Å². The van der Waals surface area contributed by atoms with Gasteiger partial charge in [-0.3, -0.25) is 24.2 Å². The molecule has 1 N–H and O–H groups in total. The molecule has 9 nitrogen and oxygen atoms in total. The zero-order chi connectivity index (χ0) is 20.8. The number of thiophene rings is 1. The maximum atomic E-state index is 13.3. The summed E-state index contributed by atoms with van der Waals surface area (Å²) in [6.07, 6.45) is 5.63. The first kappa shape index (κ1) is 19.3. The molecular formula is C20H24N6O3S. The first-order chi connectivity index (χ1) is 14.6. The predicted molar refractivity (Wildman–Crippen MR) is 114 cm³/mol. The van der Waals surface area contributed by atoms with Crippen molar-refractivity contribution in [2.24, 2.45) is 4.99 Å². The van der Waals surface area contributed by atoms with Gasteiger partial charge in [-0.1, -0.05) is 0 Å². The van der Waals surface area contributed by atoms with Gasteiger partial charge in [0.1, 0.15) is 4.83 Å². The van der Waals surface area contributed by atoms with Gasteiger partial charge in [-0.05, 0) is 38.2 Å². The molecule has 0 aromatic carbocycles. The molecule has 0 amide bonds. The van der Waals surface area contributed by atoms with E-state index in [1.54, 1.807) is 4.57 Å². The smallest absolute Gasteiger partial charge is 0.332 e. The summed E-state index contributed by atoms with van der Waals surface area (Å²) in [5, 5.41) is 12.2. The number of fused-ring (bicyclic) bond motifs is 1. The molecule has 1 saturated heterocycles. The second-order valence-corrected chi connectivity index (χ2v) is 9.21. The quantitative estimate of drug-likeness (QED) is 0.568. The van der Waals surface area contributed by atoms with Crippen molar-refractivity contribution in [3.05, 3.63) is 31.3 Å². The number of hydrogen-bond donors (Lipinski definition) is 1. The number of nitriles is 1. The first-order valence-electron chi connectivity index (χ1n) is 10.4. The Morgan fingerprint density at radius 1 is 1.33 bits per heavy atom. The third-order valence-electron chi connectivity index (χ3n) is 6.10. The number of hydrogen-bond acceptors (Lipinski definition) is 8. The highest BCUT2D eigenvalue weighted by molar-refractivity contribution is 7.18. The predicted octanol–water partition coefficient (Wildman–Crippen LogP) is 1.29. The normalized spacial score (nSPS) is 21.3. The molecule has 158 valence electrons. The minimum absolute atomic E-state index is 0.0130. The molecule has 0 bridgehead atoms. The van der Waals surface area contributed by atoms with E-state index in [0.717, 1.165) is 47.6 Å². The van der Waals surface area contributed by atoms with Crippen LogP contribution in [0.2, 0.25) is 0 Å². The largest absolute Gasteiger partial charge is 0.376 e. The number of aryl methyl sites for hydroxylation is 1. The molecule has 0 radical (unpaired) electrons. The van der Waals surface area contributed by atoms with E-state index in [1.807, 2.05) is 18.0 Å². The molecular weight excluding hydrogens is 404 g/mol. The molecule has 2 aromatic heterocycles. The minimum Gasteiger partial charge on any atom is -0.376 e. The second-order valence-electron chi connectivity index (χ2n) is 8.13. The van der Waals surface area contributed by atoms with Gasteiger partial charge < -0.3 is 9.64 Å². The standard InChI is InChI=1S/C20H24N6O3S/c1-12-15(10-24-7-6-22-19(24)23-11-21)30-18-16(12)17(27)26(13-4-5-13)20(28)25(18)9-14-3-2-8-29-14/h13-14H,2-10H2,1H3,(H,22,23). The molecule has 30 heavy (non-hydrogen) atoms. The summed E-state index contributed by atoms with van der Waals surface area (Å²) in [6, 6.07) is 0.0186. The van der Waals surface area contributed by atoms with E-state index < -0.39 is 0 Å². The third-order valence-corrected chi connectivity index (χ3v) is 7.40. The third kappa shape index (κ3) is 3.22. The molecule has 2 aliphatic heterocycles. The lowest BCUT2D eigenvalue weighted by Gasteiger charge is -2.18. The number of aliphatic imine (C=N–C) groups is 1. The highest BCUT2D eigenvalue weighted by atomic mass is 32.1. The van der Waals surface area contributed by atoms with Crippen LogP contribution in [0, 0.1) is 18.4 Å². The first-order valence-corrected chi connectivity index (χ1v) is 11.2. The van der Waals surface area contributed by atoms with Crippen LogP contribution in [0.5, 0.6) is 0 Å². The zero-order valence-corrected chi connectivity index (χ0v) is 17.7. The van der Waals surface area contributed by atoms with Crippen LogP contribution in [0.25, 0.3) is 10.2 Å². The summed E-state index contributed by atoms with van der Waals surface area (Å²) in [5.74, 6) is 0.557. The van der Waals surface area contributed by atoms with E-state index in [4.69, 9.17) is 10.00 Å². The van der Waals surface area contributed by atoms with Crippen molar-refractivity contribution in [3.8, 4) is 6.19 Å². The average molecular weight is 429 g/mol. The van der Waals surface area contributed by atoms with Crippen LogP contribution in [0.3, 0.4) is 0 Å². The van der Waals surface area contributed by atoms with E-state index in [0.29, 0.717) is 37.5 Å². The SMILES string of the molecule is Cc1c(CN2CCN=C2NC#N)sc2c1c(=O)n(C1CC1)c(=O)n2CC1CCCO1. The lowest BCUT2D eigenvalue weighted by Crippen LogP contribution is -2.40. The summed E-state index contributed by atoms with van der Waals surface area (Å²) in [7, 11) is 0. The van der Waals surface area contributed by atoms with Crippen LogP contribution in [0.15, 0.2) is 14.6 Å². The Balaban J connectivity index is 1.61.